The molecule has 4 heteroatoms. The van der Waals surface area contributed by atoms with Crippen molar-refractivity contribution in [2.45, 2.75) is 53.6 Å². The first-order valence-corrected chi connectivity index (χ1v) is 9.44. The summed E-state index contributed by atoms with van der Waals surface area (Å²) >= 11 is 0. The number of benzene rings is 2. The van der Waals surface area contributed by atoms with Gasteiger partial charge in [0.05, 0.1) is 6.04 Å². The summed E-state index contributed by atoms with van der Waals surface area (Å²) in [5, 5.41) is 5.95. The molecule has 0 unspecified atom stereocenters. The lowest BCUT2D eigenvalue weighted by atomic mass is 9.98. The van der Waals surface area contributed by atoms with E-state index in [9.17, 15) is 9.59 Å². The highest BCUT2D eigenvalue weighted by Gasteiger charge is 2.26. The molecule has 0 radical (unpaired) electrons. The SMILES string of the molecule is Cc1cccc(C(=O)N[C@@H](C(=O)N[C@H](C)c2cc(C)ccc2C)C(C)C)c1. The zero-order valence-electron chi connectivity index (χ0n) is 17.1. The van der Waals surface area contributed by atoms with Gasteiger partial charge in [0.2, 0.25) is 5.91 Å². The van der Waals surface area contributed by atoms with Gasteiger partial charge >= 0.3 is 0 Å². The molecule has 0 saturated heterocycles. The van der Waals surface area contributed by atoms with Crippen molar-refractivity contribution in [3.63, 3.8) is 0 Å². The maximum Gasteiger partial charge on any atom is 0.251 e. The van der Waals surface area contributed by atoms with E-state index in [-0.39, 0.29) is 23.8 Å². The van der Waals surface area contributed by atoms with E-state index in [0.29, 0.717) is 5.56 Å². The average Bonchev–Trinajstić information content (AvgIpc) is 2.60. The van der Waals surface area contributed by atoms with Crippen molar-refractivity contribution in [1.82, 2.24) is 10.6 Å². The minimum absolute atomic E-state index is 0.0236. The fraction of sp³-hybridized carbons (Fsp3) is 0.391. The monoisotopic (exact) mass is 366 g/mol. The molecule has 27 heavy (non-hydrogen) atoms. The number of carbonyl (C=O) groups is 2. The third-order valence-corrected chi connectivity index (χ3v) is 4.78. The van der Waals surface area contributed by atoms with Crippen molar-refractivity contribution in [1.29, 1.82) is 0 Å². The van der Waals surface area contributed by atoms with Crippen LogP contribution in [-0.4, -0.2) is 17.9 Å². The number of amides is 2. The van der Waals surface area contributed by atoms with E-state index >= 15 is 0 Å². The fourth-order valence-electron chi connectivity index (χ4n) is 3.15. The average molecular weight is 367 g/mol. The molecule has 2 rings (SSSR count). The molecule has 0 spiro atoms. The smallest absolute Gasteiger partial charge is 0.251 e. The molecule has 0 aliphatic rings. The van der Waals surface area contributed by atoms with Gasteiger partial charge in [-0.25, -0.2) is 0 Å². The molecule has 2 aromatic carbocycles. The van der Waals surface area contributed by atoms with Crippen molar-refractivity contribution in [3.8, 4) is 0 Å². The van der Waals surface area contributed by atoms with Gasteiger partial charge in [0.1, 0.15) is 6.04 Å². The summed E-state index contributed by atoms with van der Waals surface area (Å²) in [7, 11) is 0. The van der Waals surface area contributed by atoms with E-state index in [0.717, 1.165) is 22.3 Å². The molecule has 0 aliphatic heterocycles. The Kier molecular flexibility index (Phi) is 6.78. The molecule has 2 N–H and O–H groups in total. The highest BCUT2D eigenvalue weighted by atomic mass is 16.2. The first-order valence-electron chi connectivity index (χ1n) is 9.44. The van der Waals surface area contributed by atoms with Crippen LogP contribution in [0.5, 0.6) is 0 Å². The van der Waals surface area contributed by atoms with Gasteiger partial charge in [-0.2, -0.15) is 0 Å². The molecule has 0 heterocycles. The second-order valence-electron chi connectivity index (χ2n) is 7.65. The summed E-state index contributed by atoms with van der Waals surface area (Å²) in [6.07, 6.45) is 0. The molecule has 2 amide bonds. The molecule has 2 atom stereocenters. The minimum Gasteiger partial charge on any atom is -0.348 e. The normalized spacial score (nSPS) is 13.1. The minimum atomic E-state index is -0.592. The lowest BCUT2D eigenvalue weighted by Crippen LogP contribution is -2.50. The van der Waals surface area contributed by atoms with Crippen LogP contribution in [0.1, 0.15) is 59.4 Å². The van der Waals surface area contributed by atoms with Gasteiger partial charge in [-0.05, 0) is 56.9 Å². The number of rotatable bonds is 6. The number of hydrogen-bond donors (Lipinski definition) is 2. The van der Waals surface area contributed by atoms with Gasteiger partial charge in [0.15, 0.2) is 0 Å². The lowest BCUT2D eigenvalue weighted by Gasteiger charge is -2.25. The Morgan fingerprint density at radius 1 is 0.852 bits per heavy atom. The van der Waals surface area contributed by atoms with Gasteiger partial charge < -0.3 is 10.6 Å². The molecule has 144 valence electrons. The van der Waals surface area contributed by atoms with Crippen LogP contribution in [0.4, 0.5) is 0 Å². The van der Waals surface area contributed by atoms with Crippen molar-refractivity contribution in [2.75, 3.05) is 0 Å². The summed E-state index contributed by atoms with van der Waals surface area (Å²) in [6, 6.07) is 12.9. The van der Waals surface area contributed by atoms with Crippen LogP contribution in [-0.2, 0) is 4.79 Å². The van der Waals surface area contributed by atoms with Crippen molar-refractivity contribution in [2.24, 2.45) is 5.92 Å². The van der Waals surface area contributed by atoms with Crippen LogP contribution in [0.3, 0.4) is 0 Å². The van der Waals surface area contributed by atoms with Crippen LogP contribution in [0.15, 0.2) is 42.5 Å². The van der Waals surface area contributed by atoms with E-state index in [1.54, 1.807) is 6.07 Å². The predicted molar refractivity (Wildman–Crippen MR) is 110 cm³/mol. The van der Waals surface area contributed by atoms with Gasteiger partial charge in [0, 0.05) is 5.56 Å². The van der Waals surface area contributed by atoms with Crippen molar-refractivity contribution < 1.29 is 9.59 Å². The second kappa shape index (κ2) is 8.85. The highest BCUT2D eigenvalue weighted by Crippen LogP contribution is 2.19. The standard InChI is InChI=1S/C23H30N2O2/c1-14(2)21(25-22(26)19-9-7-8-15(3)12-19)23(27)24-18(6)20-13-16(4)10-11-17(20)5/h7-14,18,21H,1-6H3,(H,24,27)(H,25,26)/t18-,21-/m1/s1. The van der Waals surface area contributed by atoms with Crippen molar-refractivity contribution >= 4 is 11.8 Å². The highest BCUT2D eigenvalue weighted by molar-refractivity contribution is 5.97. The molecule has 0 bridgehead atoms. The Hall–Kier alpha value is -2.62. The lowest BCUT2D eigenvalue weighted by molar-refractivity contribution is -0.124. The molecule has 0 fully saturated rings. The molecule has 2 aromatic rings. The Balaban J connectivity index is 2.12. The third-order valence-electron chi connectivity index (χ3n) is 4.78. The van der Waals surface area contributed by atoms with Crippen molar-refractivity contribution in [3.05, 3.63) is 70.3 Å². The van der Waals surface area contributed by atoms with Crippen LogP contribution in [0.2, 0.25) is 0 Å². The largest absolute Gasteiger partial charge is 0.348 e. The number of hydrogen-bond acceptors (Lipinski definition) is 2. The maximum atomic E-state index is 12.9. The molecule has 4 nitrogen and oxygen atoms in total. The van der Waals surface area contributed by atoms with E-state index in [1.165, 1.54) is 0 Å². The number of carbonyl (C=O) groups excluding carboxylic acids is 2. The van der Waals surface area contributed by atoms with Crippen LogP contribution < -0.4 is 10.6 Å². The maximum absolute atomic E-state index is 12.9. The Morgan fingerprint density at radius 2 is 1.52 bits per heavy atom. The van der Waals surface area contributed by atoms with Crippen LogP contribution >= 0.6 is 0 Å². The first-order chi connectivity index (χ1) is 12.7. The zero-order chi connectivity index (χ0) is 20.1. The summed E-state index contributed by atoms with van der Waals surface area (Å²) in [5.41, 5.74) is 4.96. The predicted octanol–water partition coefficient (Wildman–Crippen LogP) is 4.24. The summed E-state index contributed by atoms with van der Waals surface area (Å²) in [4.78, 5) is 25.5. The van der Waals surface area contributed by atoms with Gasteiger partial charge in [-0.1, -0.05) is 55.3 Å². The van der Waals surface area contributed by atoms with E-state index in [2.05, 4.69) is 28.8 Å². The van der Waals surface area contributed by atoms with Gasteiger partial charge in [-0.3, -0.25) is 9.59 Å². The quantitative estimate of drug-likeness (QED) is 0.803. The van der Waals surface area contributed by atoms with Gasteiger partial charge in [-0.15, -0.1) is 0 Å². The molecular weight excluding hydrogens is 336 g/mol. The number of aryl methyl sites for hydroxylation is 3. The Bertz CT molecular complexity index is 827. The molecular formula is C23H30N2O2. The topological polar surface area (TPSA) is 58.2 Å². The summed E-state index contributed by atoms with van der Waals surface area (Å²) < 4.78 is 0. The Labute approximate surface area is 162 Å². The fourth-order valence-corrected chi connectivity index (χ4v) is 3.15. The zero-order valence-corrected chi connectivity index (χ0v) is 17.1. The van der Waals surface area contributed by atoms with Crippen LogP contribution in [0, 0.1) is 26.7 Å². The van der Waals surface area contributed by atoms with E-state index < -0.39 is 6.04 Å². The summed E-state index contributed by atoms with van der Waals surface area (Å²) in [6.45, 7) is 11.9. The third kappa shape index (κ3) is 5.43. The summed E-state index contributed by atoms with van der Waals surface area (Å²) in [5.74, 6) is -0.420. The van der Waals surface area contributed by atoms with Gasteiger partial charge in [0.25, 0.3) is 5.91 Å². The van der Waals surface area contributed by atoms with E-state index in [1.807, 2.05) is 59.7 Å². The van der Waals surface area contributed by atoms with Crippen LogP contribution in [0.25, 0.3) is 0 Å². The van der Waals surface area contributed by atoms with E-state index in [4.69, 9.17) is 0 Å². The molecule has 0 aliphatic carbocycles. The second-order valence-corrected chi connectivity index (χ2v) is 7.65. The molecule has 0 aromatic heterocycles. The molecule has 0 saturated carbocycles. The Morgan fingerprint density at radius 3 is 2.15 bits per heavy atom. The number of nitrogens with one attached hydrogen (secondary N) is 2. The first kappa shape index (κ1) is 20.7.